The lowest BCUT2D eigenvalue weighted by Gasteiger charge is -2.21. The van der Waals surface area contributed by atoms with Gasteiger partial charge in [0.2, 0.25) is 0 Å². The molecule has 5 heteroatoms. The molecular weight excluding hydrogens is 199 g/mol. The minimum absolute atomic E-state index is 0.0639. The van der Waals surface area contributed by atoms with E-state index in [1.165, 1.54) is 0 Å². The summed E-state index contributed by atoms with van der Waals surface area (Å²) in [5, 5.41) is 0. The van der Waals surface area contributed by atoms with Crippen LogP contribution in [0.5, 0.6) is 11.5 Å². The molecule has 3 nitrogen and oxygen atoms in total. The van der Waals surface area contributed by atoms with E-state index in [-0.39, 0.29) is 6.35 Å². The van der Waals surface area contributed by atoms with Crippen molar-refractivity contribution in [2.75, 3.05) is 6.35 Å². The van der Waals surface area contributed by atoms with E-state index in [1.54, 1.807) is 18.2 Å². The molecule has 1 atom stereocenters. The minimum atomic E-state index is -3.07. The molecule has 1 heterocycles. The summed E-state index contributed by atoms with van der Waals surface area (Å²) in [5.41, 5.74) is 0. The Morgan fingerprint density at radius 3 is 2.75 bits per heavy atom. The summed E-state index contributed by atoms with van der Waals surface area (Å²) >= 11 is 5.51. The van der Waals surface area contributed by atoms with E-state index in [1.807, 2.05) is 6.07 Å². The van der Waals surface area contributed by atoms with Gasteiger partial charge >= 0.3 is 6.72 Å². The molecule has 1 unspecified atom stereocenters. The van der Waals surface area contributed by atoms with Gasteiger partial charge in [0.15, 0.2) is 17.8 Å². The van der Waals surface area contributed by atoms with Crippen LogP contribution in [0.25, 0.3) is 0 Å². The zero-order chi connectivity index (χ0) is 8.60. The van der Waals surface area contributed by atoms with Crippen LogP contribution in [0.2, 0.25) is 0 Å². The summed E-state index contributed by atoms with van der Waals surface area (Å²) in [5.74, 6) is 1.03. The molecule has 0 saturated heterocycles. The summed E-state index contributed by atoms with van der Waals surface area (Å²) in [6.45, 7) is -3.07. The van der Waals surface area contributed by atoms with Gasteiger partial charge in [0.05, 0.1) is 0 Å². The molecule has 0 spiro atoms. The smallest absolute Gasteiger partial charge is 0.373 e. The molecule has 0 N–H and O–H groups in total. The SMILES string of the molecule is O=P1(Cl)COc2ccccc2O1. The fourth-order valence-corrected chi connectivity index (χ4v) is 2.12. The van der Waals surface area contributed by atoms with Gasteiger partial charge in [-0.25, -0.2) is 0 Å². The Balaban J connectivity index is 2.42. The molecule has 0 amide bonds. The largest absolute Gasteiger partial charge is 0.477 e. The predicted octanol–water partition coefficient (Wildman–Crippen LogP) is 2.85. The first-order chi connectivity index (χ1) is 5.67. The molecular formula is C7H6ClO3P. The fraction of sp³-hybridized carbons (Fsp3) is 0.143. The number of hydrogen-bond donors (Lipinski definition) is 0. The standard InChI is InChI=1S/C7H6ClO3P/c8-12(9)5-10-6-3-1-2-4-7(6)11-12/h1-4H,5H2. The van der Waals surface area contributed by atoms with Gasteiger partial charge in [0.1, 0.15) is 0 Å². The fourth-order valence-electron chi connectivity index (χ4n) is 0.965. The molecule has 1 aliphatic heterocycles. The number of rotatable bonds is 0. The Labute approximate surface area is 74.5 Å². The molecule has 0 radical (unpaired) electrons. The van der Waals surface area contributed by atoms with Gasteiger partial charge in [-0.3, -0.25) is 4.57 Å². The summed E-state index contributed by atoms with van der Waals surface area (Å²) in [4.78, 5) is 0. The van der Waals surface area contributed by atoms with Gasteiger partial charge in [0, 0.05) is 0 Å². The van der Waals surface area contributed by atoms with Crippen LogP contribution in [0, 0.1) is 0 Å². The number of fused-ring (bicyclic) bond motifs is 1. The van der Waals surface area contributed by atoms with E-state index in [9.17, 15) is 4.57 Å². The number of hydrogen-bond acceptors (Lipinski definition) is 3. The van der Waals surface area contributed by atoms with Crippen LogP contribution in [-0.2, 0) is 4.57 Å². The van der Waals surface area contributed by atoms with Gasteiger partial charge in [0.25, 0.3) is 0 Å². The topological polar surface area (TPSA) is 35.5 Å². The molecule has 1 aromatic carbocycles. The summed E-state index contributed by atoms with van der Waals surface area (Å²) in [7, 11) is 0. The molecule has 0 saturated carbocycles. The normalized spacial score (nSPS) is 26.8. The van der Waals surface area contributed by atoms with E-state index < -0.39 is 6.72 Å². The van der Waals surface area contributed by atoms with Crippen molar-refractivity contribution in [3.05, 3.63) is 24.3 Å². The lowest BCUT2D eigenvalue weighted by Crippen LogP contribution is -2.07. The number of halogens is 1. The van der Waals surface area contributed by atoms with E-state index in [0.29, 0.717) is 11.5 Å². The van der Waals surface area contributed by atoms with Crippen LogP contribution >= 0.6 is 18.0 Å². The van der Waals surface area contributed by atoms with Crippen LogP contribution in [0.1, 0.15) is 0 Å². The molecule has 1 aromatic rings. The van der Waals surface area contributed by atoms with Crippen molar-refractivity contribution in [2.45, 2.75) is 0 Å². The van der Waals surface area contributed by atoms with Crippen molar-refractivity contribution in [3.8, 4) is 11.5 Å². The molecule has 0 aliphatic carbocycles. The Kier molecular flexibility index (Phi) is 1.78. The van der Waals surface area contributed by atoms with Crippen molar-refractivity contribution in [2.24, 2.45) is 0 Å². The second-order valence-corrected chi connectivity index (χ2v) is 5.57. The second kappa shape index (κ2) is 2.68. The molecule has 12 heavy (non-hydrogen) atoms. The van der Waals surface area contributed by atoms with E-state index in [2.05, 4.69) is 0 Å². The number of benzene rings is 1. The maximum absolute atomic E-state index is 11.2. The molecule has 0 fully saturated rings. The third kappa shape index (κ3) is 1.43. The van der Waals surface area contributed by atoms with Gasteiger partial charge in [-0.05, 0) is 23.4 Å². The second-order valence-electron chi connectivity index (χ2n) is 2.40. The maximum atomic E-state index is 11.2. The zero-order valence-electron chi connectivity index (χ0n) is 6.07. The Hall–Kier alpha value is -0.660. The predicted molar refractivity (Wildman–Crippen MR) is 46.0 cm³/mol. The quantitative estimate of drug-likeness (QED) is 0.610. The third-order valence-electron chi connectivity index (χ3n) is 1.46. The monoisotopic (exact) mass is 204 g/mol. The summed E-state index contributed by atoms with van der Waals surface area (Å²) < 4.78 is 21.3. The van der Waals surface area contributed by atoms with Gasteiger partial charge in [-0.1, -0.05) is 12.1 Å². The minimum Gasteiger partial charge on any atom is -0.477 e. The van der Waals surface area contributed by atoms with Crippen molar-refractivity contribution in [1.29, 1.82) is 0 Å². The molecule has 0 aromatic heterocycles. The number of ether oxygens (including phenoxy) is 1. The van der Waals surface area contributed by atoms with Crippen LogP contribution < -0.4 is 9.26 Å². The molecule has 0 bridgehead atoms. The zero-order valence-corrected chi connectivity index (χ0v) is 7.72. The first kappa shape index (κ1) is 7.96. The molecule has 1 aliphatic rings. The average molecular weight is 205 g/mol. The lowest BCUT2D eigenvalue weighted by molar-refractivity contribution is 0.322. The first-order valence-corrected chi connectivity index (χ1v) is 6.09. The van der Waals surface area contributed by atoms with Gasteiger partial charge in [-0.15, -0.1) is 0 Å². The highest BCUT2D eigenvalue weighted by Gasteiger charge is 2.28. The lowest BCUT2D eigenvalue weighted by atomic mass is 10.3. The highest BCUT2D eigenvalue weighted by Crippen LogP contribution is 2.57. The highest BCUT2D eigenvalue weighted by molar-refractivity contribution is 7.85. The van der Waals surface area contributed by atoms with E-state index in [4.69, 9.17) is 20.5 Å². The van der Waals surface area contributed by atoms with E-state index in [0.717, 1.165) is 0 Å². The summed E-state index contributed by atoms with van der Waals surface area (Å²) in [6.07, 6.45) is -0.0639. The van der Waals surface area contributed by atoms with Crippen molar-refractivity contribution in [1.82, 2.24) is 0 Å². The van der Waals surface area contributed by atoms with Crippen LogP contribution in [0.3, 0.4) is 0 Å². The summed E-state index contributed by atoms with van der Waals surface area (Å²) in [6, 6.07) is 6.99. The molecule has 2 rings (SSSR count). The van der Waals surface area contributed by atoms with Crippen LogP contribution in [-0.4, -0.2) is 6.35 Å². The van der Waals surface area contributed by atoms with Gasteiger partial charge < -0.3 is 9.26 Å². The Morgan fingerprint density at radius 1 is 1.33 bits per heavy atom. The van der Waals surface area contributed by atoms with Crippen LogP contribution in [0.15, 0.2) is 24.3 Å². The van der Waals surface area contributed by atoms with Crippen molar-refractivity contribution >= 4 is 18.0 Å². The maximum Gasteiger partial charge on any atom is 0.373 e. The van der Waals surface area contributed by atoms with Crippen molar-refractivity contribution < 1.29 is 13.8 Å². The van der Waals surface area contributed by atoms with Crippen molar-refractivity contribution in [3.63, 3.8) is 0 Å². The number of para-hydroxylation sites is 2. The Bertz CT molecular complexity index is 352. The first-order valence-electron chi connectivity index (χ1n) is 3.37. The van der Waals surface area contributed by atoms with Gasteiger partial charge in [-0.2, -0.15) is 0 Å². The highest BCUT2D eigenvalue weighted by atomic mass is 35.7. The average Bonchev–Trinajstić information content (AvgIpc) is 2.02. The molecule has 64 valence electrons. The van der Waals surface area contributed by atoms with E-state index >= 15 is 0 Å². The Morgan fingerprint density at radius 2 is 2.00 bits per heavy atom. The third-order valence-corrected chi connectivity index (χ3v) is 2.86. The van der Waals surface area contributed by atoms with Crippen LogP contribution in [0.4, 0.5) is 0 Å².